The molecule has 0 aliphatic rings. The third-order valence-corrected chi connectivity index (χ3v) is 2.55. The van der Waals surface area contributed by atoms with Crippen LogP contribution < -0.4 is 5.32 Å². The van der Waals surface area contributed by atoms with E-state index in [-0.39, 0.29) is 0 Å². The highest BCUT2D eigenvalue weighted by Crippen LogP contribution is 2.26. The average molecular weight is 213 g/mol. The second kappa shape index (κ2) is 5.32. The van der Waals surface area contributed by atoms with E-state index in [9.17, 15) is 0 Å². The summed E-state index contributed by atoms with van der Waals surface area (Å²) in [6.45, 7) is 7.42. The highest BCUT2D eigenvalue weighted by atomic mass is 35.5. The molecule has 0 saturated carbocycles. The summed E-state index contributed by atoms with van der Waals surface area (Å²) < 4.78 is 0. The number of hydrogen-bond donors (Lipinski definition) is 1. The van der Waals surface area contributed by atoms with Crippen molar-refractivity contribution in [2.45, 2.75) is 26.8 Å². The first-order valence-electron chi connectivity index (χ1n) is 4.99. The minimum Gasteiger partial charge on any atom is -0.310 e. The van der Waals surface area contributed by atoms with Gasteiger partial charge in [0.15, 0.2) is 0 Å². The Morgan fingerprint density at radius 3 is 2.71 bits per heavy atom. The molecule has 1 aromatic heterocycles. The van der Waals surface area contributed by atoms with Crippen LogP contribution in [-0.2, 0) is 0 Å². The van der Waals surface area contributed by atoms with E-state index in [1.807, 2.05) is 6.07 Å². The maximum atomic E-state index is 6.10. The first-order valence-corrected chi connectivity index (χ1v) is 5.37. The molecule has 78 valence electrons. The molecular weight excluding hydrogens is 196 g/mol. The number of aromatic nitrogens is 1. The average Bonchev–Trinajstić information content (AvgIpc) is 2.15. The maximum Gasteiger partial charge on any atom is 0.0637 e. The van der Waals surface area contributed by atoms with E-state index >= 15 is 0 Å². The lowest BCUT2D eigenvalue weighted by Crippen LogP contribution is -2.25. The molecule has 1 unspecified atom stereocenters. The molecule has 3 heteroatoms. The molecule has 14 heavy (non-hydrogen) atoms. The predicted molar refractivity (Wildman–Crippen MR) is 60.5 cm³/mol. The molecule has 0 aliphatic carbocycles. The molecule has 0 aromatic carbocycles. The van der Waals surface area contributed by atoms with Gasteiger partial charge < -0.3 is 5.32 Å². The van der Waals surface area contributed by atoms with E-state index in [1.165, 1.54) is 0 Å². The van der Waals surface area contributed by atoms with Crippen molar-refractivity contribution in [3.8, 4) is 0 Å². The Morgan fingerprint density at radius 2 is 2.21 bits per heavy atom. The number of pyridine rings is 1. The SMILES string of the molecule is CCNC(c1ccncc1Cl)C(C)C. The van der Waals surface area contributed by atoms with Gasteiger partial charge in [0.05, 0.1) is 5.02 Å². The predicted octanol–water partition coefficient (Wildman–Crippen LogP) is 3.04. The van der Waals surface area contributed by atoms with Gasteiger partial charge in [-0.3, -0.25) is 4.98 Å². The summed E-state index contributed by atoms with van der Waals surface area (Å²) in [4.78, 5) is 3.99. The van der Waals surface area contributed by atoms with Gasteiger partial charge in [-0.15, -0.1) is 0 Å². The lowest BCUT2D eigenvalue weighted by molar-refractivity contribution is 0.421. The highest BCUT2D eigenvalue weighted by Gasteiger charge is 2.16. The van der Waals surface area contributed by atoms with Crippen molar-refractivity contribution in [1.82, 2.24) is 10.3 Å². The number of hydrogen-bond acceptors (Lipinski definition) is 2. The number of rotatable bonds is 4. The van der Waals surface area contributed by atoms with Crippen molar-refractivity contribution in [2.24, 2.45) is 5.92 Å². The third-order valence-electron chi connectivity index (χ3n) is 2.23. The second-order valence-corrected chi connectivity index (χ2v) is 4.08. The van der Waals surface area contributed by atoms with Crippen molar-refractivity contribution in [3.05, 3.63) is 29.0 Å². The van der Waals surface area contributed by atoms with Crippen LogP contribution in [0.25, 0.3) is 0 Å². The van der Waals surface area contributed by atoms with E-state index in [2.05, 4.69) is 31.1 Å². The van der Waals surface area contributed by atoms with Gasteiger partial charge >= 0.3 is 0 Å². The van der Waals surface area contributed by atoms with Crippen LogP contribution >= 0.6 is 11.6 Å². The van der Waals surface area contributed by atoms with Crippen LogP contribution in [-0.4, -0.2) is 11.5 Å². The molecule has 1 atom stereocenters. The molecular formula is C11H17ClN2. The van der Waals surface area contributed by atoms with E-state index < -0.39 is 0 Å². The molecule has 1 aromatic rings. The number of nitrogens with zero attached hydrogens (tertiary/aromatic N) is 1. The Bertz CT molecular complexity index is 286. The van der Waals surface area contributed by atoms with Gasteiger partial charge in [-0.2, -0.15) is 0 Å². The van der Waals surface area contributed by atoms with E-state index in [0.717, 1.165) is 17.1 Å². The molecule has 2 nitrogen and oxygen atoms in total. The fraction of sp³-hybridized carbons (Fsp3) is 0.545. The summed E-state index contributed by atoms with van der Waals surface area (Å²) in [7, 11) is 0. The third kappa shape index (κ3) is 2.69. The minimum absolute atomic E-state index is 0.315. The van der Waals surface area contributed by atoms with Crippen LogP contribution in [0.15, 0.2) is 18.5 Å². The number of halogens is 1. The molecule has 0 spiro atoms. The normalized spacial score (nSPS) is 13.2. The van der Waals surface area contributed by atoms with Crippen molar-refractivity contribution in [3.63, 3.8) is 0 Å². The van der Waals surface area contributed by atoms with Crippen LogP contribution in [0.1, 0.15) is 32.4 Å². The van der Waals surface area contributed by atoms with Crippen molar-refractivity contribution in [1.29, 1.82) is 0 Å². The summed E-state index contributed by atoms with van der Waals surface area (Å²) in [5.74, 6) is 0.523. The molecule has 0 amide bonds. The highest BCUT2D eigenvalue weighted by molar-refractivity contribution is 6.31. The van der Waals surface area contributed by atoms with Gasteiger partial charge in [0.25, 0.3) is 0 Å². The molecule has 0 saturated heterocycles. The van der Waals surface area contributed by atoms with Crippen molar-refractivity contribution in [2.75, 3.05) is 6.54 Å². The van der Waals surface area contributed by atoms with Gasteiger partial charge in [0.2, 0.25) is 0 Å². The quantitative estimate of drug-likeness (QED) is 0.830. The number of nitrogens with one attached hydrogen (secondary N) is 1. The van der Waals surface area contributed by atoms with Crippen LogP contribution in [0.3, 0.4) is 0 Å². The fourth-order valence-corrected chi connectivity index (χ4v) is 1.80. The fourth-order valence-electron chi connectivity index (χ4n) is 1.56. The largest absolute Gasteiger partial charge is 0.310 e. The first-order chi connectivity index (χ1) is 6.66. The monoisotopic (exact) mass is 212 g/mol. The van der Waals surface area contributed by atoms with Crippen LogP contribution in [0.4, 0.5) is 0 Å². The minimum atomic E-state index is 0.315. The topological polar surface area (TPSA) is 24.9 Å². The Balaban J connectivity index is 2.93. The lowest BCUT2D eigenvalue weighted by atomic mass is 9.97. The first kappa shape index (κ1) is 11.5. The molecule has 1 N–H and O–H groups in total. The zero-order chi connectivity index (χ0) is 10.6. The van der Waals surface area contributed by atoms with Crippen LogP contribution in [0, 0.1) is 5.92 Å². The Morgan fingerprint density at radius 1 is 1.50 bits per heavy atom. The van der Waals surface area contributed by atoms with Gasteiger partial charge in [0, 0.05) is 18.4 Å². The lowest BCUT2D eigenvalue weighted by Gasteiger charge is -2.22. The van der Waals surface area contributed by atoms with Crippen molar-refractivity contribution < 1.29 is 0 Å². The zero-order valence-corrected chi connectivity index (χ0v) is 9.67. The smallest absolute Gasteiger partial charge is 0.0637 e. The summed E-state index contributed by atoms with van der Waals surface area (Å²) in [6.07, 6.45) is 3.48. The maximum absolute atomic E-state index is 6.10. The van der Waals surface area contributed by atoms with E-state index in [0.29, 0.717) is 12.0 Å². The van der Waals surface area contributed by atoms with E-state index in [4.69, 9.17) is 11.6 Å². The Labute approximate surface area is 90.7 Å². The molecule has 1 heterocycles. The standard InChI is InChI=1S/C11H17ClN2/c1-4-14-11(8(2)3)9-5-6-13-7-10(9)12/h5-8,11,14H,4H2,1-3H3. The van der Waals surface area contributed by atoms with Crippen LogP contribution in [0.2, 0.25) is 5.02 Å². The molecule has 0 radical (unpaired) electrons. The Kier molecular flexibility index (Phi) is 4.36. The molecule has 0 fully saturated rings. The van der Waals surface area contributed by atoms with Gasteiger partial charge in [0.1, 0.15) is 0 Å². The van der Waals surface area contributed by atoms with Crippen molar-refractivity contribution >= 4 is 11.6 Å². The summed E-state index contributed by atoms with van der Waals surface area (Å²) >= 11 is 6.10. The summed E-state index contributed by atoms with van der Waals surface area (Å²) in [5.41, 5.74) is 1.14. The summed E-state index contributed by atoms with van der Waals surface area (Å²) in [5, 5.41) is 4.17. The second-order valence-electron chi connectivity index (χ2n) is 3.68. The molecule has 0 bridgehead atoms. The van der Waals surface area contributed by atoms with Gasteiger partial charge in [-0.05, 0) is 24.1 Å². The van der Waals surface area contributed by atoms with Gasteiger partial charge in [-0.25, -0.2) is 0 Å². The molecule has 1 rings (SSSR count). The Hall–Kier alpha value is -0.600. The van der Waals surface area contributed by atoms with Crippen LogP contribution in [0.5, 0.6) is 0 Å². The van der Waals surface area contributed by atoms with Gasteiger partial charge in [-0.1, -0.05) is 32.4 Å². The summed E-state index contributed by atoms with van der Waals surface area (Å²) in [6, 6.07) is 2.30. The van der Waals surface area contributed by atoms with E-state index in [1.54, 1.807) is 12.4 Å². The zero-order valence-electron chi connectivity index (χ0n) is 8.92. The molecule has 0 aliphatic heterocycles.